The van der Waals surface area contributed by atoms with Gasteiger partial charge in [0.25, 0.3) is 0 Å². The minimum Gasteiger partial charge on any atom is -0.495 e. The van der Waals surface area contributed by atoms with Crippen LogP contribution in [0, 0.1) is 0 Å². The molecule has 0 aromatic heterocycles. The normalized spacial score (nSPS) is 16.2. The third-order valence-corrected chi connectivity index (χ3v) is 5.72. The number of nitrogens with one attached hydrogen (secondary N) is 1. The van der Waals surface area contributed by atoms with E-state index in [9.17, 15) is 4.79 Å². The van der Waals surface area contributed by atoms with Crippen LogP contribution in [-0.2, 0) is 11.3 Å². The van der Waals surface area contributed by atoms with Gasteiger partial charge in [-0.2, -0.15) is 0 Å². The van der Waals surface area contributed by atoms with Gasteiger partial charge in [0.2, 0.25) is 12.7 Å². The highest BCUT2D eigenvalue weighted by molar-refractivity contribution is 6.32. The Hall–Kier alpha value is -2.68. The highest BCUT2D eigenvalue weighted by atomic mass is 35.5. The first-order valence-electron chi connectivity index (χ1n) is 10.1. The molecule has 0 atom stereocenters. The van der Waals surface area contributed by atoms with Crippen molar-refractivity contribution in [1.29, 1.82) is 0 Å². The lowest BCUT2D eigenvalue weighted by Gasteiger charge is -2.34. The lowest BCUT2D eigenvalue weighted by Crippen LogP contribution is -2.48. The van der Waals surface area contributed by atoms with Crippen LogP contribution in [0.4, 0.5) is 5.69 Å². The molecular formula is C22H26ClN3O5. The summed E-state index contributed by atoms with van der Waals surface area (Å²) in [5.41, 5.74) is 1.72. The maximum Gasteiger partial charge on any atom is 0.238 e. The van der Waals surface area contributed by atoms with Crippen LogP contribution in [0.2, 0.25) is 5.02 Å². The molecule has 2 aliphatic heterocycles. The molecule has 2 aliphatic rings. The van der Waals surface area contributed by atoms with Crippen LogP contribution in [0.5, 0.6) is 23.0 Å². The summed E-state index contributed by atoms with van der Waals surface area (Å²) in [6.07, 6.45) is 0. The molecule has 1 fully saturated rings. The fourth-order valence-electron chi connectivity index (χ4n) is 3.75. The summed E-state index contributed by atoms with van der Waals surface area (Å²) in [5.74, 6) is 2.50. The van der Waals surface area contributed by atoms with Crippen LogP contribution in [0.15, 0.2) is 30.3 Å². The topological polar surface area (TPSA) is 72.5 Å². The van der Waals surface area contributed by atoms with Crippen LogP contribution in [0.3, 0.4) is 0 Å². The number of amides is 1. The number of hydrogen-bond donors (Lipinski definition) is 1. The maximum absolute atomic E-state index is 12.6. The van der Waals surface area contributed by atoms with Gasteiger partial charge >= 0.3 is 0 Å². The number of nitrogens with zero attached hydrogens (tertiary/aromatic N) is 2. The van der Waals surface area contributed by atoms with Crippen molar-refractivity contribution >= 4 is 23.2 Å². The number of benzene rings is 2. The molecule has 31 heavy (non-hydrogen) atoms. The average Bonchev–Trinajstić information content (AvgIpc) is 3.23. The van der Waals surface area contributed by atoms with E-state index in [-0.39, 0.29) is 12.7 Å². The summed E-state index contributed by atoms with van der Waals surface area (Å²) in [4.78, 5) is 17.1. The zero-order valence-electron chi connectivity index (χ0n) is 17.7. The lowest BCUT2D eigenvalue weighted by atomic mass is 10.1. The molecule has 0 aliphatic carbocycles. The Kier molecular flexibility index (Phi) is 6.70. The molecule has 8 nitrogen and oxygen atoms in total. The molecule has 1 saturated heterocycles. The molecule has 0 spiro atoms. The van der Waals surface area contributed by atoms with E-state index >= 15 is 0 Å². The predicted octanol–water partition coefficient (Wildman–Crippen LogP) is 2.84. The van der Waals surface area contributed by atoms with Crippen LogP contribution < -0.4 is 24.3 Å². The molecule has 2 heterocycles. The highest BCUT2D eigenvalue weighted by Crippen LogP contribution is 2.36. The standard InChI is InChI=1S/C22H26ClN3O5/c1-28-19-11-20(29-2)17(10-16(19)23)24-22(27)13-26-7-5-25(6-8-26)12-15-3-4-18-21(9-15)31-14-30-18/h3-4,9-11H,5-8,12-14H2,1-2H3,(H,24,27). The van der Waals surface area contributed by atoms with E-state index in [4.69, 9.17) is 30.5 Å². The fourth-order valence-corrected chi connectivity index (χ4v) is 3.99. The lowest BCUT2D eigenvalue weighted by molar-refractivity contribution is -0.117. The second kappa shape index (κ2) is 9.64. The zero-order chi connectivity index (χ0) is 21.8. The number of methoxy groups -OCH3 is 2. The highest BCUT2D eigenvalue weighted by Gasteiger charge is 2.21. The Labute approximate surface area is 186 Å². The van der Waals surface area contributed by atoms with Crippen LogP contribution in [-0.4, -0.2) is 69.4 Å². The van der Waals surface area contributed by atoms with Crippen molar-refractivity contribution in [2.45, 2.75) is 6.54 Å². The fraction of sp³-hybridized carbons (Fsp3) is 0.409. The summed E-state index contributed by atoms with van der Waals surface area (Å²) in [5, 5.41) is 3.30. The van der Waals surface area contributed by atoms with Gasteiger partial charge in [0.05, 0.1) is 31.5 Å². The third kappa shape index (κ3) is 5.15. The molecule has 166 valence electrons. The Morgan fingerprint density at radius 1 is 1.00 bits per heavy atom. The largest absolute Gasteiger partial charge is 0.495 e. The van der Waals surface area contributed by atoms with Gasteiger partial charge in [-0.1, -0.05) is 17.7 Å². The number of carbonyl (C=O) groups is 1. The molecule has 2 aromatic rings. The van der Waals surface area contributed by atoms with Gasteiger partial charge in [0.15, 0.2) is 11.5 Å². The first-order valence-corrected chi connectivity index (χ1v) is 10.5. The molecule has 9 heteroatoms. The third-order valence-electron chi connectivity index (χ3n) is 5.42. The summed E-state index contributed by atoms with van der Waals surface area (Å²) < 4.78 is 21.4. The van der Waals surface area contributed by atoms with Crippen molar-refractivity contribution in [3.05, 3.63) is 40.9 Å². The minimum atomic E-state index is -0.108. The predicted molar refractivity (Wildman–Crippen MR) is 117 cm³/mol. The van der Waals surface area contributed by atoms with Gasteiger partial charge in [0, 0.05) is 38.8 Å². The molecule has 4 rings (SSSR count). The van der Waals surface area contributed by atoms with E-state index < -0.39 is 0 Å². The summed E-state index contributed by atoms with van der Waals surface area (Å²) in [6.45, 7) is 4.85. The second-order valence-electron chi connectivity index (χ2n) is 7.48. The molecule has 1 amide bonds. The monoisotopic (exact) mass is 447 g/mol. The first-order chi connectivity index (χ1) is 15.1. The molecular weight excluding hydrogens is 422 g/mol. The Morgan fingerprint density at radius 3 is 2.45 bits per heavy atom. The van der Waals surface area contributed by atoms with Gasteiger partial charge in [-0.15, -0.1) is 0 Å². The molecule has 1 N–H and O–H groups in total. The zero-order valence-corrected chi connectivity index (χ0v) is 18.4. The number of anilines is 1. The number of rotatable bonds is 7. The van der Waals surface area contributed by atoms with Crippen LogP contribution >= 0.6 is 11.6 Å². The Balaban J connectivity index is 1.27. The summed E-state index contributed by atoms with van der Waals surface area (Å²) >= 11 is 6.18. The molecule has 0 unspecified atom stereocenters. The SMILES string of the molecule is COc1cc(OC)c(NC(=O)CN2CCN(Cc3ccc4c(c3)OCO4)CC2)cc1Cl. The van der Waals surface area contributed by atoms with Crippen molar-refractivity contribution in [1.82, 2.24) is 9.80 Å². The summed E-state index contributed by atoms with van der Waals surface area (Å²) in [7, 11) is 3.07. The minimum absolute atomic E-state index is 0.108. The van der Waals surface area contributed by atoms with Crippen molar-refractivity contribution in [3.63, 3.8) is 0 Å². The molecule has 0 radical (unpaired) electrons. The van der Waals surface area contributed by atoms with Gasteiger partial charge in [-0.05, 0) is 23.8 Å². The summed E-state index contributed by atoms with van der Waals surface area (Å²) in [6, 6.07) is 9.36. The van der Waals surface area contributed by atoms with E-state index in [0.717, 1.165) is 44.2 Å². The number of hydrogen-bond acceptors (Lipinski definition) is 7. The molecule has 0 bridgehead atoms. The first kappa shape index (κ1) is 21.5. The van der Waals surface area contributed by atoms with E-state index in [1.165, 1.54) is 19.8 Å². The molecule has 2 aromatic carbocycles. The van der Waals surface area contributed by atoms with Gasteiger partial charge in [-0.25, -0.2) is 0 Å². The van der Waals surface area contributed by atoms with Gasteiger partial charge in [-0.3, -0.25) is 14.6 Å². The molecule has 0 saturated carbocycles. The van der Waals surface area contributed by atoms with Gasteiger partial charge in [0.1, 0.15) is 11.5 Å². The number of piperazine rings is 1. The Morgan fingerprint density at radius 2 is 1.71 bits per heavy atom. The number of ether oxygens (including phenoxy) is 4. The quantitative estimate of drug-likeness (QED) is 0.699. The number of carbonyl (C=O) groups excluding carboxylic acids is 1. The van der Waals surface area contributed by atoms with Crippen molar-refractivity contribution in [2.24, 2.45) is 0 Å². The van der Waals surface area contributed by atoms with E-state index in [0.29, 0.717) is 28.8 Å². The Bertz CT molecular complexity index is 947. The smallest absolute Gasteiger partial charge is 0.238 e. The van der Waals surface area contributed by atoms with E-state index in [1.807, 2.05) is 12.1 Å². The van der Waals surface area contributed by atoms with Gasteiger partial charge < -0.3 is 24.3 Å². The van der Waals surface area contributed by atoms with Crippen molar-refractivity contribution in [3.8, 4) is 23.0 Å². The average molecular weight is 448 g/mol. The van der Waals surface area contributed by atoms with E-state index in [2.05, 4.69) is 21.2 Å². The van der Waals surface area contributed by atoms with Crippen molar-refractivity contribution < 1.29 is 23.7 Å². The van der Waals surface area contributed by atoms with Crippen LogP contribution in [0.25, 0.3) is 0 Å². The van der Waals surface area contributed by atoms with Crippen LogP contribution in [0.1, 0.15) is 5.56 Å². The van der Waals surface area contributed by atoms with Crippen molar-refractivity contribution in [2.75, 3.05) is 59.1 Å². The maximum atomic E-state index is 12.6. The second-order valence-corrected chi connectivity index (χ2v) is 7.88. The number of fused-ring (bicyclic) bond motifs is 1. The number of halogens is 1. The van der Waals surface area contributed by atoms with E-state index in [1.54, 1.807) is 12.1 Å².